The first-order valence-corrected chi connectivity index (χ1v) is 5.13. The first-order chi connectivity index (χ1) is 7.38. The SMILES string of the molecule is CCCC(C)C(=O)N[C@H](CC(=O)O)C(=O)O. The second-order valence-electron chi connectivity index (χ2n) is 3.69. The van der Waals surface area contributed by atoms with Crippen molar-refractivity contribution in [2.45, 2.75) is 39.2 Å². The summed E-state index contributed by atoms with van der Waals surface area (Å²) in [5.41, 5.74) is 0. The van der Waals surface area contributed by atoms with Crippen molar-refractivity contribution < 1.29 is 24.6 Å². The van der Waals surface area contributed by atoms with E-state index in [9.17, 15) is 14.4 Å². The summed E-state index contributed by atoms with van der Waals surface area (Å²) in [6.07, 6.45) is 0.844. The van der Waals surface area contributed by atoms with Crippen molar-refractivity contribution in [2.24, 2.45) is 5.92 Å². The number of amides is 1. The summed E-state index contributed by atoms with van der Waals surface area (Å²) in [7, 11) is 0. The van der Waals surface area contributed by atoms with Crippen molar-refractivity contribution in [3.63, 3.8) is 0 Å². The van der Waals surface area contributed by atoms with Crippen molar-refractivity contribution in [1.29, 1.82) is 0 Å². The van der Waals surface area contributed by atoms with Crippen LogP contribution in [0.4, 0.5) is 0 Å². The average molecular weight is 231 g/mol. The molecular weight excluding hydrogens is 214 g/mol. The molecule has 16 heavy (non-hydrogen) atoms. The van der Waals surface area contributed by atoms with E-state index in [1.807, 2.05) is 6.92 Å². The highest BCUT2D eigenvalue weighted by atomic mass is 16.4. The number of hydrogen-bond donors (Lipinski definition) is 3. The van der Waals surface area contributed by atoms with Crippen LogP contribution in [0.15, 0.2) is 0 Å². The number of nitrogens with one attached hydrogen (secondary N) is 1. The van der Waals surface area contributed by atoms with Gasteiger partial charge in [-0.1, -0.05) is 20.3 Å². The molecule has 92 valence electrons. The molecule has 0 bridgehead atoms. The highest BCUT2D eigenvalue weighted by Crippen LogP contribution is 2.06. The van der Waals surface area contributed by atoms with Crippen LogP contribution < -0.4 is 5.32 Å². The molecule has 0 rings (SSSR count). The van der Waals surface area contributed by atoms with Crippen LogP contribution in [0.2, 0.25) is 0 Å². The molecule has 0 aromatic heterocycles. The van der Waals surface area contributed by atoms with Gasteiger partial charge in [-0.25, -0.2) is 4.79 Å². The Morgan fingerprint density at radius 3 is 2.19 bits per heavy atom. The van der Waals surface area contributed by atoms with Crippen LogP contribution in [0.3, 0.4) is 0 Å². The van der Waals surface area contributed by atoms with E-state index in [-0.39, 0.29) is 5.92 Å². The van der Waals surface area contributed by atoms with Crippen LogP contribution >= 0.6 is 0 Å². The number of hydrogen-bond acceptors (Lipinski definition) is 3. The van der Waals surface area contributed by atoms with Crippen LogP contribution in [0.1, 0.15) is 33.1 Å². The molecule has 0 aromatic carbocycles. The Labute approximate surface area is 93.6 Å². The Bertz CT molecular complexity index is 276. The molecule has 0 fully saturated rings. The number of aliphatic carboxylic acids is 2. The van der Waals surface area contributed by atoms with Gasteiger partial charge in [0.05, 0.1) is 6.42 Å². The van der Waals surface area contributed by atoms with E-state index in [2.05, 4.69) is 5.32 Å². The van der Waals surface area contributed by atoms with Gasteiger partial charge in [0.25, 0.3) is 0 Å². The fraction of sp³-hybridized carbons (Fsp3) is 0.700. The fourth-order valence-electron chi connectivity index (χ4n) is 1.25. The Morgan fingerprint density at radius 2 is 1.81 bits per heavy atom. The first-order valence-electron chi connectivity index (χ1n) is 5.13. The van der Waals surface area contributed by atoms with E-state index in [0.717, 1.165) is 6.42 Å². The summed E-state index contributed by atoms with van der Waals surface area (Å²) in [6, 6.07) is -1.36. The lowest BCUT2D eigenvalue weighted by molar-refractivity contribution is -0.147. The van der Waals surface area contributed by atoms with Gasteiger partial charge in [-0.2, -0.15) is 0 Å². The van der Waals surface area contributed by atoms with Crippen molar-refractivity contribution >= 4 is 17.8 Å². The van der Waals surface area contributed by atoms with Crippen molar-refractivity contribution in [3.8, 4) is 0 Å². The molecule has 0 aliphatic heterocycles. The minimum Gasteiger partial charge on any atom is -0.481 e. The molecule has 6 nitrogen and oxygen atoms in total. The Hall–Kier alpha value is -1.59. The third-order valence-electron chi connectivity index (χ3n) is 2.16. The first kappa shape index (κ1) is 14.4. The molecule has 0 aliphatic rings. The maximum Gasteiger partial charge on any atom is 0.326 e. The molecule has 0 heterocycles. The number of rotatable bonds is 7. The minimum absolute atomic E-state index is 0.305. The number of carboxylic acids is 2. The van der Waals surface area contributed by atoms with Crippen molar-refractivity contribution in [2.75, 3.05) is 0 Å². The van der Waals surface area contributed by atoms with Crippen LogP contribution in [0.25, 0.3) is 0 Å². The van der Waals surface area contributed by atoms with E-state index in [0.29, 0.717) is 6.42 Å². The van der Waals surface area contributed by atoms with Gasteiger partial charge < -0.3 is 15.5 Å². The maximum absolute atomic E-state index is 11.5. The minimum atomic E-state index is -1.36. The van der Waals surface area contributed by atoms with Gasteiger partial charge in [0.15, 0.2) is 0 Å². The van der Waals surface area contributed by atoms with Gasteiger partial charge in [-0.3, -0.25) is 9.59 Å². The maximum atomic E-state index is 11.5. The molecule has 0 aromatic rings. The summed E-state index contributed by atoms with van der Waals surface area (Å²) in [6.45, 7) is 3.59. The van der Waals surface area contributed by atoms with E-state index in [1.54, 1.807) is 6.92 Å². The Balaban J connectivity index is 4.34. The van der Waals surface area contributed by atoms with Crippen LogP contribution in [-0.2, 0) is 14.4 Å². The summed E-state index contributed by atoms with van der Waals surface area (Å²) in [5.74, 6) is -3.31. The lowest BCUT2D eigenvalue weighted by Gasteiger charge is -2.15. The highest BCUT2D eigenvalue weighted by molar-refractivity contribution is 5.87. The summed E-state index contributed by atoms with van der Waals surface area (Å²) < 4.78 is 0. The van der Waals surface area contributed by atoms with E-state index < -0.39 is 30.3 Å². The lowest BCUT2D eigenvalue weighted by Crippen LogP contribution is -2.44. The normalized spacial score (nSPS) is 13.9. The molecule has 1 unspecified atom stereocenters. The number of carboxylic acid groups (broad SMARTS) is 2. The number of carbonyl (C=O) groups is 3. The van der Waals surface area contributed by atoms with Crippen LogP contribution in [0.5, 0.6) is 0 Å². The van der Waals surface area contributed by atoms with Gasteiger partial charge in [-0.15, -0.1) is 0 Å². The van der Waals surface area contributed by atoms with Crippen molar-refractivity contribution in [1.82, 2.24) is 5.32 Å². The van der Waals surface area contributed by atoms with E-state index in [1.165, 1.54) is 0 Å². The van der Waals surface area contributed by atoms with Gasteiger partial charge in [-0.05, 0) is 6.42 Å². The zero-order chi connectivity index (χ0) is 12.7. The second kappa shape index (κ2) is 6.81. The Morgan fingerprint density at radius 1 is 1.25 bits per heavy atom. The molecule has 0 aliphatic carbocycles. The van der Waals surface area contributed by atoms with Crippen LogP contribution in [0, 0.1) is 5.92 Å². The Kier molecular flexibility index (Phi) is 6.14. The average Bonchev–Trinajstić information content (AvgIpc) is 2.16. The summed E-state index contributed by atoms with van der Waals surface area (Å²) >= 11 is 0. The molecule has 0 saturated heterocycles. The largest absolute Gasteiger partial charge is 0.481 e. The quantitative estimate of drug-likeness (QED) is 0.590. The van der Waals surface area contributed by atoms with E-state index >= 15 is 0 Å². The molecule has 6 heteroatoms. The fourth-order valence-corrected chi connectivity index (χ4v) is 1.25. The second-order valence-corrected chi connectivity index (χ2v) is 3.69. The third-order valence-corrected chi connectivity index (χ3v) is 2.16. The molecule has 3 N–H and O–H groups in total. The predicted molar refractivity (Wildman–Crippen MR) is 55.9 cm³/mol. The van der Waals surface area contributed by atoms with E-state index in [4.69, 9.17) is 10.2 Å². The monoisotopic (exact) mass is 231 g/mol. The highest BCUT2D eigenvalue weighted by Gasteiger charge is 2.24. The molecule has 0 saturated carbocycles. The predicted octanol–water partition coefficient (Wildman–Crippen LogP) is 0.467. The topological polar surface area (TPSA) is 104 Å². The molecule has 0 spiro atoms. The zero-order valence-corrected chi connectivity index (χ0v) is 9.40. The molecule has 0 radical (unpaired) electrons. The van der Waals surface area contributed by atoms with Gasteiger partial charge in [0.2, 0.25) is 5.91 Å². The standard InChI is InChI=1S/C10H17NO5/c1-3-4-6(2)9(14)11-7(10(15)16)5-8(12)13/h6-7H,3-5H2,1-2H3,(H,11,14)(H,12,13)(H,15,16)/t6?,7-/m1/s1. The smallest absolute Gasteiger partial charge is 0.326 e. The molecule has 1 amide bonds. The van der Waals surface area contributed by atoms with Gasteiger partial charge in [0, 0.05) is 5.92 Å². The molecular formula is C10H17NO5. The van der Waals surface area contributed by atoms with Crippen molar-refractivity contribution in [3.05, 3.63) is 0 Å². The summed E-state index contributed by atoms with van der Waals surface area (Å²) in [5, 5.41) is 19.4. The lowest BCUT2D eigenvalue weighted by atomic mass is 10.0. The number of carbonyl (C=O) groups excluding carboxylic acids is 1. The van der Waals surface area contributed by atoms with Gasteiger partial charge >= 0.3 is 11.9 Å². The summed E-state index contributed by atoms with van der Waals surface area (Å²) in [4.78, 5) is 32.5. The third kappa shape index (κ3) is 5.33. The van der Waals surface area contributed by atoms with Crippen LogP contribution in [-0.4, -0.2) is 34.1 Å². The van der Waals surface area contributed by atoms with Gasteiger partial charge in [0.1, 0.15) is 6.04 Å². The molecule has 2 atom stereocenters. The zero-order valence-electron chi connectivity index (χ0n) is 9.40.